The van der Waals surface area contributed by atoms with Crippen molar-refractivity contribution < 1.29 is 4.74 Å². The van der Waals surface area contributed by atoms with Gasteiger partial charge in [-0.15, -0.1) is 0 Å². The molecule has 7 heteroatoms. The van der Waals surface area contributed by atoms with Crippen molar-refractivity contribution in [3.63, 3.8) is 0 Å². The van der Waals surface area contributed by atoms with Crippen molar-refractivity contribution in [1.29, 1.82) is 0 Å². The zero-order valence-electron chi connectivity index (χ0n) is 11.9. The second-order valence-corrected chi connectivity index (χ2v) is 4.43. The van der Waals surface area contributed by atoms with Gasteiger partial charge >= 0.3 is 6.01 Å². The summed E-state index contributed by atoms with van der Waals surface area (Å²) in [5, 5.41) is 2.93. The highest BCUT2D eigenvalue weighted by Crippen LogP contribution is 2.20. The van der Waals surface area contributed by atoms with Crippen LogP contribution in [0.5, 0.6) is 6.01 Å². The number of ether oxygens (including phenoxy) is 1. The largest absolute Gasteiger partial charge is 0.463 e. The average molecular weight is 284 g/mol. The highest BCUT2D eigenvalue weighted by atomic mass is 16.5. The number of aromatic nitrogens is 5. The number of fused-ring (bicyclic) bond motifs is 1. The molecule has 0 amide bonds. The molecule has 0 unspecified atom stereocenters. The predicted molar refractivity (Wildman–Crippen MR) is 79.3 cm³/mol. The van der Waals surface area contributed by atoms with Gasteiger partial charge in [0.15, 0.2) is 5.82 Å². The van der Waals surface area contributed by atoms with Gasteiger partial charge in [0, 0.05) is 19.4 Å². The topological polar surface area (TPSA) is 77.2 Å². The molecule has 3 heterocycles. The third-order valence-corrected chi connectivity index (χ3v) is 2.93. The van der Waals surface area contributed by atoms with E-state index < -0.39 is 0 Å². The van der Waals surface area contributed by atoms with Crippen molar-refractivity contribution in [3.8, 4) is 17.5 Å². The quantitative estimate of drug-likeness (QED) is 0.772. The standard InChI is InChI=1S/C14H16N6O/c1-3-9-21-14-18-12(17-13(15-2)19-14)10-5-4-6-11-16-7-8-20(10)11/h4-8H,3,9H2,1-2H3,(H,15,17,18,19). The molecule has 0 saturated heterocycles. The Morgan fingerprint density at radius 1 is 1.24 bits per heavy atom. The smallest absolute Gasteiger partial charge is 0.321 e. The molecule has 0 aliphatic carbocycles. The lowest BCUT2D eigenvalue weighted by molar-refractivity contribution is 0.292. The van der Waals surface area contributed by atoms with Crippen molar-refractivity contribution in [1.82, 2.24) is 24.3 Å². The molecule has 0 spiro atoms. The van der Waals surface area contributed by atoms with Gasteiger partial charge in [-0.2, -0.15) is 15.0 Å². The Bertz CT molecular complexity index is 754. The summed E-state index contributed by atoms with van der Waals surface area (Å²) < 4.78 is 7.46. The fraction of sp³-hybridized carbons (Fsp3) is 0.286. The summed E-state index contributed by atoms with van der Waals surface area (Å²) in [4.78, 5) is 17.3. The van der Waals surface area contributed by atoms with Crippen LogP contribution in [0, 0.1) is 0 Å². The molecule has 108 valence electrons. The van der Waals surface area contributed by atoms with E-state index in [1.54, 1.807) is 13.2 Å². The van der Waals surface area contributed by atoms with Gasteiger partial charge < -0.3 is 10.1 Å². The zero-order valence-corrected chi connectivity index (χ0v) is 11.9. The second-order valence-electron chi connectivity index (χ2n) is 4.43. The fourth-order valence-corrected chi connectivity index (χ4v) is 1.97. The Labute approximate surface area is 122 Å². The molecule has 3 aromatic rings. The number of pyridine rings is 1. The SMILES string of the molecule is CCCOc1nc(NC)nc(-c2cccc3nccn23)n1. The molecule has 0 aliphatic heterocycles. The van der Waals surface area contributed by atoms with E-state index in [-0.39, 0.29) is 0 Å². The summed E-state index contributed by atoms with van der Waals surface area (Å²) in [6, 6.07) is 6.11. The maximum atomic E-state index is 5.53. The molecule has 21 heavy (non-hydrogen) atoms. The summed E-state index contributed by atoms with van der Waals surface area (Å²) in [7, 11) is 1.76. The highest BCUT2D eigenvalue weighted by molar-refractivity contribution is 5.57. The minimum absolute atomic E-state index is 0.323. The van der Waals surface area contributed by atoms with Gasteiger partial charge in [0.05, 0.1) is 12.3 Å². The van der Waals surface area contributed by atoms with E-state index in [2.05, 4.69) is 25.3 Å². The van der Waals surface area contributed by atoms with Crippen LogP contribution in [0.15, 0.2) is 30.6 Å². The zero-order chi connectivity index (χ0) is 14.7. The minimum atomic E-state index is 0.323. The first-order valence-electron chi connectivity index (χ1n) is 6.81. The molecule has 0 fully saturated rings. The third kappa shape index (κ3) is 2.62. The summed E-state index contributed by atoms with van der Waals surface area (Å²) >= 11 is 0. The molecule has 7 nitrogen and oxygen atoms in total. The van der Waals surface area contributed by atoms with Gasteiger partial charge in [-0.25, -0.2) is 4.98 Å². The first-order valence-corrected chi connectivity index (χ1v) is 6.81. The molecule has 3 aromatic heterocycles. The minimum Gasteiger partial charge on any atom is -0.463 e. The molecule has 0 aliphatic rings. The van der Waals surface area contributed by atoms with Crippen molar-refractivity contribution >= 4 is 11.6 Å². The predicted octanol–water partition coefficient (Wildman–Crippen LogP) is 2.02. The van der Waals surface area contributed by atoms with Crippen LogP contribution in [0.3, 0.4) is 0 Å². The highest BCUT2D eigenvalue weighted by Gasteiger charge is 2.11. The van der Waals surface area contributed by atoms with Crippen molar-refractivity contribution in [2.24, 2.45) is 0 Å². The van der Waals surface area contributed by atoms with Crippen LogP contribution in [0.1, 0.15) is 13.3 Å². The van der Waals surface area contributed by atoms with Gasteiger partial charge in [0.25, 0.3) is 0 Å². The van der Waals surface area contributed by atoms with E-state index in [0.717, 1.165) is 17.8 Å². The third-order valence-electron chi connectivity index (χ3n) is 2.93. The number of hydrogen-bond acceptors (Lipinski definition) is 6. The lowest BCUT2D eigenvalue weighted by Gasteiger charge is -2.08. The Morgan fingerprint density at radius 2 is 2.14 bits per heavy atom. The van der Waals surface area contributed by atoms with E-state index in [0.29, 0.717) is 24.4 Å². The molecule has 1 N–H and O–H groups in total. The first kappa shape index (κ1) is 13.3. The van der Waals surface area contributed by atoms with Gasteiger partial charge in [0.2, 0.25) is 5.95 Å². The maximum Gasteiger partial charge on any atom is 0.321 e. The number of hydrogen-bond donors (Lipinski definition) is 1. The number of imidazole rings is 1. The molecule has 0 aromatic carbocycles. The lowest BCUT2D eigenvalue weighted by atomic mass is 10.3. The Kier molecular flexibility index (Phi) is 3.63. The number of anilines is 1. The summed E-state index contributed by atoms with van der Waals surface area (Å²) in [5.74, 6) is 1.02. The van der Waals surface area contributed by atoms with E-state index in [9.17, 15) is 0 Å². The van der Waals surface area contributed by atoms with Crippen LogP contribution < -0.4 is 10.1 Å². The summed E-state index contributed by atoms with van der Waals surface area (Å²) in [6.07, 6.45) is 4.51. The Morgan fingerprint density at radius 3 is 2.95 bits per heavy atom. The van der Waals surface area contributed by atoms with E-state index in [1.807, 2.05) is 35.7 Å². The Hall–Kier alpha value is -2.70. The van der Waals surface area contributed by atoms with Crippen LogP contribution in [-0.4, -0.2) is 38.0 Å². The average Bonchev–Trinajstić information content (AvgIpc) is 3.01. The monoisotopic (exact) mass is 284 g/mol. The first-order chi connectivity index (χ1) is 10.3. The second kappa shape index (κ2) is 5.74. The van der Waals surface area contributed by atoms with Crippen molar-refractivity contribution in [2.45, 2.75) is 13.3 Å². The molecule has 0 saturated carbocycles. The number of nitrogens with zero attached hydrogens (tertiary/aromatic N) is 5. The van der Waals surface area contributed by atoms with E-state index in [4.69, 9.17) is 4.74 Å². The summed E-state index contributed by atoms with van der Waals surface area (Å²) in [5.41, 5.74) is 1.68. The molecule has 0 bridgehead atoms. The Balaban J connectivity index is 2.10. The number of rotatable bonds is 5. The van der Waals surface area contributed by atoms with E-state index in [1.165, 1.54) is 0 Å². The fourth-order valence-electron chi connectivity index (χ4n) is 1.97. The van der Waals surface area contributed by atoms with Crippen molar-refractivity contribution in [2.75, 3.05) is 19.0 Å². The lowest BCUT2D eigenvalue weighted by Crippen LogP contribution is -2.07. The van der Waals surface area contributed by atoms with Gasteiger partial charge in [-0.3, -0.25) is 4.40 Å². The van der Waals surface area contributed by atoms with Crippen LogP contribution in [0.25, 0.3) is 17.2 Å². The van der Waals surface area contributed by atoms with Crippen LogP contribution in [0.2, 0.25) is 0 Å². The van der Waals surface area contributed by atoms with Gasteiger partial charge in [-0.05, 0) is 18.6 Å². The van der Waals surface area contributed by atoms with Crippen molar-refractivity contribution in [3.05, 3.63) is 30.6 Å². The van der Waals surface area contributed by atoms with Gasteiger partial charge in [-0.1, -0.05) is 13.0 Å². The van der Waals surface area contributed by atoms with Crippen LogP contribution >= 0.6 is 0 Å². The molecule has 3 rings (SSSR count). The van der Waals surface area contributed by atoms with Gasteiger partial charge in [0.1, 0.15) is 5.65 Å². The summed E-state index contributed by atoms with van der Waals surface area (Å²) in [6.45, 7) is 2.61. The van der Waals surface area contributed by atoms with Crippen LogP contribution in [0.4, 0.5) is 5.95 Å². The maximum absolute atomic E-state index is 5.53. The molecule has 0 atom stereocenters. The molecule has 0 radical (unpaired) electrons. The number of nitrogens with one attached hydrogen (secondary N) is 1. The normalized spacial score (nSPS) is 10.8. The molecular weight excluding hydrogens is 268 g/mol. The van der Waals surface area contributed by atoms with Crippen LogP contribution in [-0.2, 0) is 0 Å². The molecular formula is C14H16N6O. The van der Waals surface area contributed by atoms with E-state index >= 15 is 0 Å².